The third-order valence-corrected chi connectivity index (χ3v) is 3.50. The van der Waals surface area contributed by atoms with Gasteiger partial charge in [-0.2, -0.15) is 4.98 Å². The van der Waals surface area contributed by atoms with Gasteiger partial charge in [0.05, 0.1) is 6.61 Å². The lowest BCUT2D eigenvalue weighted by Gasteiger charge is -2.10. The maximum Gasteiger partial charge on any atom is 0.251 e. The Hall–Kier alpha value is -2.21. The van der Waals surface area contributed by atoms with Crippen LogP contribution < -0.4 is 5.32 Å². The molecule has 0 aliphatic carbocycles. The monoisotopic (exact) mass is 303 g/mol. The van der Waals surface area contributed by atoms with Gasteiger partial charge in [0.15, 0.2) is 5.82 Å². The summed E-state index contributed by atoms with van der Waals surface area (Å²) >= 11 is 0. The summed E-state index contributed by atoms with van der Waals surface area (Å²) < 4.78 is 10.1. The zero-order chi connectivity index (χ0) is 16.1. The van der Waals surface area contributed by atoms with Crippen molar-refractivity contribution in [2.45, 2.75) is 33.2 Å². The highest BCUT2D eigenvalue weighted by Gasteiger charge is 2.17. The van der Waals surface area contributed by atoms with Crippen LogP contribution in [0.25, 0.3) is 0 Å². The smallest absolute Gasteiger partial charge is 0.251 e. The molecule has 0 fully saturated rings. The SMILES string of the molecule is COCCc1noc([C@@H](C)NC(=O)c2ccc(C)c(C)c2)n1. The fraction of sp³-hybridized carbons (Fsp3) is 0.438. The van der Waals surface area contributed by atoms with E-state index < -0.39 is 0 Å². The number of methoxy groups -OCH3 is 1. The minimum atomic E-state index is -0.349. The van der Waals surface area contributed by atoms with E-state index in [1.165, 1.54) is 0 Å². The molecule has 2 rings (SSSR count). The lowest BCUT2D eigenvalue weighted by molar-refractivity contribution is 0.0932. The third kappa shape index (κ3) is 3.92. The van der Waals surface area contributed by atoms with Crippen LogP contribution in [0.1, 0.15) is 46.2 Å². The molecule has 6 nitrogen and oxygen atoms in total. The molecular formula is C16H21N3O3. The van der Waals surface area contributed by atoms with Crippen LogP contribution in [0.4, 0.5) is 0 Å². The average molecular weight is 303 g/mol. The van der Waals surface area contributed by atoms with E-state index in [1.807, 2.05) is 39.0 Å². The second-order valence-corrected chi connectivity index (χ2v) is 5.29. The van der Waals surface area contributed by atoms with Crippen molar-refractivity contribution >= 4 is 5.91 Å². The molecule has 1 N–H and O–H groups in total. The number of amides is 1. The molecule has 22 heavy (non-hydrogen) atoms. The summed E-state index contributed by atoms with van der Waals surface area (Å²) in [5.41, 5.74) is 2.86. The lowest BCUT2D eigenvalue weighted by atomic mass is 10.1. The molecule has 1 heterocycles. The Balaban J connectivity index is 2.01. The number of aryl methyl sites for hydroxylation is 2. The van der Waals surface area contributed by atoms with Gasteiger partial charge in [0.2, 0.25) is 5.89 Å². The van der Waals surface area contributed by atoms with Gasteiger partial charge in [-0.3, -0.25) is 4.79 Å². The maximum absolute atomic E-state index is 12.2. The molecule has 1 aromatic carbocycles. The van der Waals surface area contributed by atoms with E-state index in [0.29, 0.717) is 30.3 Å². The van der Waals surface area contributed by atoms with Crippen molar-refractivity contribution in [1.82, 2.24) is 15.5 Å². The Kier molecular flexibility index (Phi) is 5.27. The Morgan fingerprint density at radius 1 is 1.36 bits per heavy atom. The molecule has 0 saturated carbocycles. The van der Waals surface area contributed by atoms with Crippen LogP contribution >= 0.6 is 0 Å². The summed E-state index contributed by atoms with van der Waals surface area (Å²) in [7, 11) is 1.62. The zero-order valence-electron chi connectivity index (χ0n) is 13.3. The third-order valence-electron chi connectivity index (χ3n) is 3.50. The van der Waals surface area contributed by atoms with E-state index in [1.54, 1.807) is 7.11 Å². The summed E-state index contributed by atoms with van der Waals surface area (Å²) in [6.07, 6.45) is 0.581. The highest BCUT2D eigenvalue weighted by Crippen LogP contribution is 2.13. The molecule has 0 aliphatic heterocycles. The number of carbonyl (C=O) groups excluding carboxylic acids is 1. The van der Waals surface area contributed by atoms with Crippen molar-refractivity contribution in [3.63, 3.8) is 0 Å². The van der Waals surface area contributed by atoms with Gasteiger partial charge < -0.3 is 14.6 Å². The molecule has 6 heteroatoms. The van der Waals surface area contributed by atoms with E-state index in [4.69, 9.17) is 9.26 Å². The van der Waals surface area contributed by atoms with Gasteiger partial charge in [-0.05, 0) is 44.0 Å². The molecule has 0 bridgehead atoms. The second kappa shape index (κ2) is 7.17. The maximum atomic E-state index is 12.2. The van der Waals surface area contributed by atoms with Crippen LogP contribution in [-0.4, -0.2) is 29.8 Å². The number of hydrogen-bond donors (Lipinski definition) is 1. The zero-order valence-corrected chi connectivity index (χ0v) is 13.3. The molecule has 0 aliphatic rings. The van der Waals surface area contributed by atoms with Gasteiger partial charge in [0.1, 0.15) is 6.04 Å². The van der Waals surface area contributed by atoms with Crippen LogP contribution in [0.2, 0.25) is 0 Å². The number of ether oxygens (including phenoxy) is 1. The summed E-state index contributed by atoms with van der Waals surface area (Å²) in [6, 6.07) is 5.26. The standard InChI is InChI=1S/C16H21N3O3/c1-10-5-6-13(9-11(10)2)15(20)17-12(3)16-18-14(19-22-16)7-8-21-4/h5-6,9,12H,7-8H2,1-4H3,(H,17,20)/t12-/m1/s1. The van der Waals surface area contributed by atoms with Crippen molar-refractivity contribution < 1.29 is 14.1 Å². The van der Waals surface area contributed by atoms with Crippen molar-refractivity contribution in [3.8, 4) is 0 Å². The highest BCUT2D eigenvalue weighted by molar-refractivity contribution is 5.94. The van der Waals surface area contributed by atoms with Crippen molar-refractivity contribution in [3.05, 3.63) is 46.6 Å². The molecule has 1 aromatic heterocycles. The number of nitrogens with zero attached hydrogens (tertiary/aromatic N) is 2. The molecule has 118 valence electrons. The lowest BCUT2D eigenvalue weighted by Crippen LogP contribution is -2.27. The Morgan fingerprint density at radius 2 is 2.14 bits per heavy atom. The summed E-state index contributed by atoms with van der Waals surface area (Å²) in [4.78, 5) is 16.5. The number of nitrogens with one attached hydrogen (secondary N) is 1. The largest absolute Gasteiger partial charge is 0.384 e. The average Bonchev–Trinajstić information content (AvgIpc) is 2.96. The summed E-state index contributed by atoms with van der Waals surface area (Å²) in [6.45, 7) is 6.34. The fourth-order valence-electron chi connectivity index (χ4n) is 1.96. The predicted octanol–water partition coefficient (Wildman–Crippen LogP) is 2.37. The van der Waals surface area contributed by atoms with Crippen molar-refractivity contribution in [1.29, 1.82) is 0 Å². The van der Waals surface area contributed by atoms with Gasteiger partial charge >= 0.3 is 0 Å². The van der Waals surface area contributed by atoms with Crippen LogP contribution in [0, 0.1) is 13.8 Å². The normalized spacial score (nSPS) is 12.2. The van der Waals surface area contributed by atoms with Gasteiger partial charge in [0, 0.05) is 19.1 Å². The second-order valence-electron chi connectivity index (χ2n) is 5.29. The van der Waals surface area contributed by atoms with Crippen LogP contribution in [0.5, 0.6) is 0 Å². The van der Waals surface area contributed by atoms with E-state index in [9.17, 15) is 4.79 Å². The van der Waals surface area contributed by atoms with Gasteiger partial charge in [-0.1, -0.05) is 11.2 Å². The molecule has 1 atom stereocenters. The minimum Gasteiger partial charge on any atom is -0.384 e. The van der Waals surface area contributed by atoms with Crippen LogP contribution in [0.3, 0.4) is 0 Å². The molecule has 2 aromatic rings. The predicted molar refractivity (Wildman–Crippen MR) is 81.7 cm³/mol. The van der Waals surface area contributed by atoms with Crippen molar-refractivity contribution in [2.24, 2.45) is 0 Å². The van der Waals surface area contributed by atoms with Crippen LogP contribution in [0.15, 0.2) is 22.7 Å². The van der Waals surface area contributed by atoms with Gasteiger partial charge in [-0.15, -0.1) is 0 Å². The first-order valence-corrected chi connectivity index (χ1v) is 7.20. The highest BCUT2D eigenvalue weighted by atomic mass is 16.5. The first-order valence-electron chi connectivity index (χ1n) is 7.20. The van der Waals surface area contributed by atoms with E-state index >= 15 is 0 Å². The number of benzene rings is 1. The number of carbonyl (C=O) groups is 1. The first-order chi connectivity index (χ1) is 10.5. The Labute approximate surface area is 129 Å². The fourth-order valence-corrected chi connectivity index (χ4v) is 1.96. The summed E-state index contributed by atoms with van der Waals surface area (Å²) in [5.74, 6) is 0.805. The molecule has 0 radical (unpaired) electrons. The van der Waals surface area contributed by atoms with E-state index in [-0.39, 0.29) is 11.9 Å². The Bertz CT molecular complexity index is 652. The first kappa shape index (κ1) is 16.2. The molecule has 0 unspecified atom stereocenters. The topological polar surface area (TPSA) is 77.3 Å². The van der Waals surface area contributed by atoms with Crippen molar-refractivity contribution in [2.75, 3.05) is 13.7 Å². The number of aromatic nitrogens is 2. The number of hydrogen-bond acceptors (Lipinski definition) is 5. The molecule has 0 saturated heterocycles. The minimum absolute atomic E-state index is 0.160. The van der Waals surface area contributed by atoms with E-state index in [0.717, 1.165) is 11.1 Å². The number of rotatable bonds is 6. The molecule has 0 spiro atoms. The quantitative estimate of drug-likeness (QED) is 0.886. The van der Waals surface area contributed by atoms with Gasteiger partial charge in [0.25, 0.3) is 5.91 Å². The molecule has 1 amide bonds. The molecular weight excluding hydrogens is 282 g/mol. The Morgan fingerprint density at radius 3 is 2.82 bits per heavy atom. The van der Waals surface area contributed by atoms with E-state index in [2.05, 4.69) is 15.5 Å². The summed E-state index contributed by atoms with van der Waals surface area (Å²) in [5, 5.41) is 6.73. The van der Waals surface area contributed by atoms with Gasteiger partial charge in [-0.25, -0.2) is 0 Å². The van der Waals surface area contributed by atoms with Crippen LogP contribution in [-0.2, 0) is 11.2 Å².